The zero-order valence-electron chi connectivity index (χ0n) is 25.7. The Balaban J connectivity index is 1.42. The molecular formula is C32H43N5O7. The van der Waals surface area contributed by atoms with Gasteiger partial charge in [0.25, 0.3) is 0 Å². The number of rotatable bonds is 4. The Hall–Kier alpha value is -4.09. The third-order valence-corrected chi connectivity index (χ3v) is 8.88. The SMILES string of the molecule is CC(C)(C)OC(=O)NC1CCCCC/C=C/C2CC2(C(=O)O)NC(=O)C2C[C@@H](N3CCN(c4ccccc4)C3=O)CN2C1=O. The number of nitrogens with one attached hydrogen (secondary N) is 2. The smallest absolute Gasteiger partial charge is 0.408 e. The summed E-state index contributed by atoms with van der Waals surface area (Å²) in [4.78, 5) is 71.5. The van der Waals surface area contributed by atoms with E-state index in [4.69, 9.17) is 4.74 Å². The first-order valence-corrected chi connectivity index (χ1v) is 15.5. The van der Waals surface area contributed by atoms with E-state index in [1.807, 2.05) is 42.5 Å². The van der Waals surface area contributed by atoms with Crippen LogP contribution in [0.15, 0.2) is 42.5 Å². The quantitative estimate of drug-likeness (QED) is 0.444. The number of ether oxygens (including phenoxy) is 1. The molecule has 5 amide bonds. The van der Waals surface area contributed by atoms with E-state index in [0.717, 1.165) is 24.9 Å². The summed E-state index contributed by atoms with van der Waals surface area (Å²) >= 11 is 0. The van der Waals surface area contributed by atoms with E-state index in [-0.39, 0.29) is 31.3 Å². The molecule has 12 heteroatoms. The molecule has 4 aliphatic rings. The molecule has 1 aromatic carbocycles. The summed E-state index contributed by atoms with van der Waals surface area (Å²) in [5.41, 5.74) is -1.44. The average molecular weight is 610 g/mol. The highest BCUT2D eigenvalue weighted by Gasteiger charge is 2.61. The number of amides is 5. The number of alkyl carbamates (subject to hydrolysis) is 1. The van der Waals surface area contributed by atoms with Crippen LogP contribution in [0.4, 0.5) is 15.3 Å². The molecule has 5 rings (SSSR count). The highest BCUT2D eigenvalue weighted by Crippen LogP contribution is 2.45. The van der Waals surface area contributed by atoms with E-state index in [0.29, 0.717) is 25.9 Å². The van der Waals surface area contributed by atoms with Gasteiger partial charge in [0.2, 0.25) is 11.8 Å². The molecule has 1 aliphatic carbocycles. The van der Waals surface area contributed by atoms with Gasteiger partial charge in [-0.2, -0.15) is 0 Å². The predicted octanol–water partition coefficient (Wildman–Crippen LogP) is 3.27. The number of carbonyl (C=O) groups is 5. The Morgan fingerprint density at radius 1 is 1.05 bits per heavy atom. The Kier molecular flexibility index (Phi) is 8.90. The second-order valence-electron chi connectivity index (χ2n) is 13.2. The Morgan fingerprint density at radius 2 is 1.80 bits per heavy atom. The fourth-order valence-electron chi connectivity index (χ4n) is 6.49. The summed E-state index contributed by atoms with van der Waals surface area (Å²) in [7, 11) is 0. The Bertz CT molecular complexity index is 1310. The molecule has 4 unspecified atom stereocenters. The standard InChI is InChI=1S/C32H43N5O7/c1-31(2,3)44-29(42)33-24-15-11-6-4-5-8-12-21-19-32(21,28(40)41)34-26(38)25-18-23(20-37(25)27(24)39)36-17-16-35(30(36)43)22-13-9-7-10-14-22/h7-10,12-14,21,23-25H,4-6,11,15-20H2,1-3H3,(H,33,42)(H,34,38)(H,40,41)/b12-8+/t21?,23-,24?,25?,32?/m1/s1. The molecule has 0 radical (unpaired) electrons. The lowest BCUT2D eigenvalue weighted by atomic mass is 10.0. The maximum atomic E-state index is 14.2. The minimum absolute atomic E-state index is 0.0845. The highest BCUT2D eigenvalue weighted by molar-refractivity contribution is 5.97. The summed E-state index contributed by atoms with van der Waals surface area (Å²) in [5, 5.41) is 15.6. The topological polar surface area (TPSA) is 149 Å². The first-order valence-electron chi connectivity index (χ1n) is 15.5. The first-order chi connectivity index (χ1) is 20.9. The fourth-order valence-corrected chi connectivity index (χ4v) is 6.49. The number of fused-ring (bicyclic) bond motifs is 2. The van der Waals surface area contributed by atoms with Crippen molar-refractivity contribution in [3.63, 3.8) is 0 Å². The minimum atomic E-state index is -1.43. The molecule has 0 aromatic heterocycles. The maximum absolute atomic E-state index is 14.2. The van der Waals surface area contributed by atoms with Gasteiger partial charge in [-0.15, -0.1) is 0 Å². The summed E-state index contributed by atoms with van der Waals surface area (Å²) < 4.78 is 5.44. The zero-order chi connectivity index (χ0) is 31.6. The van der Waals surface area contributed by atoms with E-state index < -0.39 is 53.1 Å². The first kappa shape index (κ1) is 31.3. The van der Waals surface area contributed by atoms with Crippen LogP contribution in [0, 0.1) is 5.92 Å². The summed E-state index contributed by atoms with van der Waals surface area (Å²) in [5.74, 6) is -2.47. The molecule has 2 saturated heterocycles. The van der Waals surface area contributed by atoms with Crippen LogP contribution in [-0.4, -0.2) is 93.7 Å². The predicted molar refractivity (Wildman–Crippen MR) is 162 cm³/mol. The van der Waals surface area contributed by atoms with Gasteiger partial charge in [-0.1, -0.05) is 43.2 Å². The fraction of sp³-hybridized carbons (Fsp3) is 0.594. The number of aliphatic carboxylic acids is 1. The highest BCUT2D eigenvalue weighted by atomic mass is 16.6. The van der Waals surface area contributed by atoms with Crippen molar-refractivity contribution in [2.24, 2.45) is 5.92 Å². The van der Waals surface area contributed by atoms with Gasteiger partial charge in [0.05, 0.1) is 6.04 Å². The number of hydrogen-bond acceptors (Lipinski definition) is 6. The van der Waals surface area contributed by atoms with Gasteiger partial charge in [-0.05, 0) is 65.0 Å². The number of nitrogens with zero attached hydrogens (tertiary/aromatic N) is 3. The van der Waals surface area contributed by atoms with Crippen molar-refractivity contribution in [3.05, 3.63) is 42.5 Å². The van der Waals surface area contributed by atoms with E-state index in [1.165, 1.54) is 4.90 Å². The molecule has 44 heavy (non-hydrogen) atoms. The molecule has 1 aromatic rings. The van der Waals surface area contributed by atoms with Crippen molar-refractivity contribution in [2.75, 3.05) is 24.5 Å². The Labute approximate surface area is 257 Å². The molecule has 0 spiro atoms. The molecule has 1 saturated carbocycles. The number of urea groups is 1. The minimum Gasteiger partial charge on any atom is -0.479 e. The number of carbonyl (C=O) groups excluding carboxylic acids is 4. The van der Waals surface area contributed by atoms with Gasteiger partial charge in [-0.3, -0.25) is 14.5 Å². The number of carboxylic acid groups (broad SMARTS) is 1. The number of anilines is 1. The van der Waals surface area contributed by atoms with Gasteiger partial charge < -0.3 is 30.3 Å². The van der Waals surface area contributed by atoms with Gasteiger partial charge in [0.1, 0.15) is 23.2 Å². The van der Waals surface area contributed by atoms with Crippen LogP contribution in [0.5, 0.6) is 0 Å². The third kappa shape index (κ3) is 6.68. The van der Waals surface area contributed by atoms with Gasteiger partial charge in [0.15, 0.2) is 0 Å². The Morgan fingerprint density at radius 3 is 2.50 bits per heavy atom. The van der Waals surface area contributed by atoms with E-state index in [2.05, 4.69) is 10.6 Å². The van der Waals surface area contributed by atoms with Crippen LogP contribution >= 0.6 is 0 Å². The van der Waals surface area contributed by atoms with Crippen molar-refractivity contribution in [1.82, 2.24) is 20.4 Å². The van der Waals surface area contributed by atoms with Gasteiger partial charge in [-0.25, -0.2) is 14.4 Å². The van der Waals surface area contributed by atoms with E-state index >= 15 is 0 Å². The lowest BCUT2D eigenvalue weighted by Crippen LogP contribution is -2.56. The summed E-state index contributed by atoms with van der Waals surface area (Å²) in [6.45, 7) is 6.17. The van der Waals surface area contributed by atoms with Crippen LogP contribution in [0.3, 0.4) is 0 Å². The zero-order valence-corrected chi connectivity index (χ0v) is 25.7. The largest absolute Gasteiger partial charge is 0.479 e. The molecule has 0 bridgehead atoms. The van der Waals surface area contributed by atoms with Crippen molar-refractivity contribution in [1.29, 1.82) is 0 Å². The normalized spacial score (nSPS) is 30.4. The molecule has 3 N–H and O–H groups in total. The average Bonchev–Trinajstić information content (AvgIpc) is 3.28. The van der Waals surface area contributed by atoms with Crippen LogP contribution in [0.2, 0.25) is 0 Å². The molecular weight excluding hydrogens is 566 g/mol. The third-order valence-electron chi connectivity index (χ3n) is 8.88. The second kappa shape index (κ2) is 12.5. The van der Waals surface area contributed by atoms with Crippen molar-refractivity contribution in [2.45, 2.75) is 95.0 Å². The van der Waals surface area contributed by atoms with Crippen LogP contribution in [0.25, 0.3) is 0 Å². The number of para-hydroxylation sites is 1. The molecule has 3 fully saturated rings. The number of allylic oxidation sites excluding steroid dienone is 1. The molecule has 3 heterocycles. The van der Waals surface area contributed by atoms with Gasteiger partial charge in [0, 0.05) is 31.2 Å². The summed E-state index contributed by atoms with van der Waals surface area (Å²) in [6, 6.07) is 6.67. The number of hydrogen-bond donors (Lipinski definition) is 3. The monoisotopic (exact) mass is 609 g/mol. The molecule has 5 atom stereocenters. The van der Waals surface area contributed by atoms with Gasteiger partial charge >= 0.3 is 18.1 Å². The van der Waals surface area contributed by atoms with Crippen LogP contribution < -0.4 is 15.5 Å². The van der Waals surface area contributed by atoms with Crippen molar-refractivity contribution in [3.8, 4) is 0 Å². The second-order valence-corrected chi connectivity index (χ2v) is 13.2. The van der Waals surface area contributed by atoms with E-state index in [1.54, 1.807) is 30.6 Å². The number of benzene rings is 1. The lowest BCUT2D eigenvalue weighted by molar-refractivity contribution is -0.145. The molecule has 12 nitrogen and oxygen atoms in total. The molecule has 3 aliphatic heterocycles. The van der Waals surface area contributed by atoms with Crippen molar-refractivity contribution < 1.29 is 33.8 Å². The van der Waals surface area contributed by atoms with Crippen LogP contribution in [-0.2, 0) is 19.1 Å². The molecule has 238 valence electrons. The van der Waals surface area contributed by atoms with Crippen LogP contribution in [0.1, 0.15) is 65.7 Å². The maximum Gasteiger partial charge on any atom is 0.408 e. The van der Waals surface area contributed by atoms with Crippen molar-refractivity contribution >= 4 is 35.6 Å². The summed E-state index contributed by atoms with van der Waals surface area (Å²) in [6.07, 6.45) is 6.92. The van der Waals surface area contributed by atoms with E-state index in [9.17, 15) is 29.1 Å². The lowest BCUT2D eigenvalue weighted by Gasteiger charge is -2.30. The number of carboxylic acids is 1.